The third-order valence-electron chi connectivity index (χ3n) is 2.11. The van der Waals surface area contributed by atoms with Crippen LogP contribution in [0.3, 0.4) is 0 Å². The molecule has 0 amide bonds. The van der Waals surface area contributed by atoms with Crippen molar-refractivity contribution in [2.24, 2.45) is 5.73 Å². The summed E-state index contributed by atoms with van der Waals surface area (Å²) in [5, 5.41) is 8.69. The average Bonchev–Trinajstić information content (AvgIpc) is 2.24. The molecule has 1 aromatic rings. The Balaban J connectivity index is 2.74. The first-order chi connectivity index (χ1) is 6.88. The number of hydrogen-bond acceptors (Lipinski definition) is 2. The van der Waals surface area contributed by atoms with E-state index in [-0.39, 0.29) is 6.61 Å². The molecule has 2 nitrogen and oxygen atoms in total. The lowest BCUT2D eigenvalue weighted by atomic mass is 10.0. The average molecular weight is 191 g/mol. The van der Waals surface area contributed by atoms with Gasteiger partial charge in [0.2, 0.25) is 0 Å². The van der Waals surface area contributed by atoms with Crippen LogP contribution in [-0.4, -0.2) is 18.3 Å². The van der Waals surface area contributed by atoms with Crippen molar-refractivity contribution >= 4 is 6.08 Å². The molecule has 0 aliphatic heterocycles. The molecular formula is C12H17NO. The zero-order valence-electron chi connectivity index (χ0n) is 8.32. The van der Waals surface area contributed by atoms with E-state index < -0.39 is 0 Å². The molecule has 0 aromatic heterocycles. The third kappa shape index (κ3) is 3.32. The first-order valence-electron chi connectivity index (χ1n) is 4.94. The normalized spacial score (nSPS) is 11.0. The number of aryl methyl sites for hydroxylation is 1. The van der Waals surface area contributed by atoms with Crippen molar-refractivity contribution in [3.8, 4) is 0 Å². The topological polar surface area (TPSA) is 46.2 Å². The molecule has 0 spiro atoms. The highest BCUT2D eigenvalue weighted by Gasteiger charge is 1.96. The second-order valence-electron chi connectivity index (χ2n) is 3.18. The van der Waals surface area contributed by atoms with Gasteiger partial charge in [0.15, 0.2) is 0 Å². The zero-order valence-corrected chi connectivity index (χ0v) is 8.32. The van der Waals surface area contributed by atoms with Gasteiger partial charge in [-0.25, -0.2) is 0 Å². The molecule has 0 aliphatic carbocycles. The van der Waals surface area contributed by atoms with Gasteiger partial charge in [-0.3, -0.25) is 0 Å². The van der Waals surface area contributed by atoms with Crippen LogP contribution in [0.4, 0.5) is 0 Å². The van der Waals surface area contributed by atoms with Crippen LogP contribution < -0.4 is 5.73 Å². The van der Waals surface area contributed by atoms with Crippen LogP contribution in [0.15, 0.2) is 30.3 Å². The van der Waals surface area contributed by atoms with Crippen molar-refractivity contribution in [2.45, 2.75) is 12.8 Å². The zero-order chi connectivity index (χ0) is 10.2. The van der Waals surface area contributed by atoms with Crippen molar-refractivity contribution in [3.05, 3.63) is 41.5 Å². The quantitative estimate of drug-likeness (QED) is 0.742. The summed E-state index contributed by atoms with van der Waals surface area (Å²) in [7, 11) is 0. The molecule has 1 rings (SSSR count). The van der Waals surface area contributed by atoms with E-state index in [0.29, 0.717) is 0 Å². The first-order valence-corrected chi connectivity index (χ1v) is 4.94. The minimum absolute atomic E-state index is 0.0885. The van der Waals surface area contributed by atoms with E-state index in [1.165, 1.54) is 11.1 Å². The summed E-state index contributed by atoms with van der Waals surface area (Å²) in [6.07, 6.45) is 5.71. The molecule has 14 heavy (non-hydrogen) atoms. The summed E-state index contributed by atoms with van der Waals surface area (Å²) in [5.74, 6) is 0. The van der Waals surface area contributed by atoms with Crippen molar-refractivity contribution in [1.82, 2.24) is 0 Å². The van der Waals surface area contributed by atoms with Gasteiger partial charge in [-0.2, -0.15) is 0 Å². The largest absolute Gasteiger partial charge is 0.392 e. The van der Waals surface area contributed by atoms with E-state index >= 15 is 0 Å². The lowest BCUT2D eigenvalue weighted by Crippen LogP contribution is -2.01. The molecule has 2 heteroatoms. The molecule has 1 aromatic carbocycles. The molecule has 0 unspecified atom stereocenters. The Labute approximate surface area is 85.1 Å². The van der Waals surface area contributed by atoms with Gasteiger partial charge in [-0.15, -0.1) is 0 Å². The van der Waals surface area contributed by atoms with Gasteiger partial charge in [-0.05, 0) is 30.5 Å². The van der Waals surface area contributed by atoms with Crippen molar-refractivity contribution in [3.63, 3.8) is 0 Å². The molecule has 0 fully saturated rings. The van der Waals surface area contributed by atoms with Gasteiger partial charge in [0.25, 0.3) is 0 Å². The number of rotatable bonds is 5. The van der Waals surface area contributed by atoms with Gasteiger partial charge in [0.1, 0.15) is 0 Å². The van der Waals surface area contributed by atoms with Crippen LogP contribution in [0.1, 0.15) is 17.5 Å². The molecule has 0 radical (unpaired) electrons. The summed E-state index contributed by atoms with van der Waals surface area (Å²) in [6, 6.07) is 8.19. The molecule has 0 saturated carbocycles. The maximum absolute atomic E-state index is 8.69. The Kier molecular flexibility index (Phi) is 4.97. The van der Waals surface area contributed by atoms with Gasteiger partial charge >= 0.3 is 0 Å². The SMILES string of the molecule is NCCCc1ccccc1/C=C/CO. The third-order valence-corrected chi connectivity index (χ3v) is 2.11. The molecule has 0 atom stereocenters. The lowest BCUT2D eigenvalue weighted by molar-refractivity contribution is 0.343. The molecule has 0 bridgehead atoms. The Hall–Kier alpha value is -1.12. The monoisotopic (exact) mass is 191 g/mol. The number of aliphatic hydroxyl groups excluding tert-OH is 1. The number of hydrogen-bond donors (Lipinski definition) is 2. The highest BCUT2D eigenvalue weighted by molar-refractivity contribution is 5.53. The number of benzene rings is 1. The first kappa shape index (κ1) is 11.0. The molecule has 0 aliphatic rings. The maximum atomic E-state index is 8.69. The minimum atomic E-state index is 0.0885. The number of nitrogens with two attached hydrogens (primary N) is 1. The van der Waals surface area contributed by atoms with Crippen LogP contribution in [0.5, 0.6) is 0 Å². The Bertz CT molecular complexity index is 294. The summed E-state index contributed by atoms with van der Waals surface area (Å²) < 4.78 is 0. The van der Waals surface area contributed by atoms with Crippen molar-refractivity contribution in [1.29, 1.82) is 0 Å². The van der Waals surface area contributed by atoms with E-state index in [1.54, 1.807) is 6.08 Å². The van der Waals surface area contributed by atoms with Gasteiger partial charge in [-0.1, -0.05) is 36.4 Å². The Morgan fingerprint density at radius 2 is 2.07 bits per heavy atom. The predicted octanol–water partition coefficient (Wildman–Crippen LogP) is 1.58. The minimum Gasteiger partial charge on any atom is -0.392 e. The van der Waals surface area contributed by atoms with Crippen LogP contribution in [0.25, 0.3) is 6.08 Å². The summed E-state index contributed by atoms with van der Waals surface area (Å²) in [5.41, 5.74) is 7.94. The van der Waals surface area contributed by atoms with Crippen LogP contribution >= 0.6 is 0 Å². The van der Waals surface area contributed by atoms with Gasteiger partial charge < -0.3 is 10.8 Å². The Morgan fingerprint density at radius 1 is 1.29 bits per heavy atom. The molecule has 0 heterocycles. The Morgan fingerprint density at radius 3 is 2.79 bits per heavy atom. The summed E-state index contributed by atoms with van der Waals surface area (Å²) >= 11 is 0. The van der Waals surface area contributed by atoms with Gasteiger partial charge in [0.05, 0.1) is 6.61 Å². The van der Waals surface area contributed by atoms with Crippen LogP contribution in [-0.2, 0) is 6.42 Å². The fourth-order valence-corrected chi connectivity index (χ4v) is 1.40. The molecule has 0 saturated heterocycles. The predicted molar refractivity (Wildman–Crippen MR) is 59.9 cm³/mol. The van der Waals surface area contributed by atoms with Crippen molar-refractivity contribution < 1.29 is 5.11 Å². The number of aliphatic hydroxyl groups is 1. The molecule has 76 valence electrons. The van der Waals surface area contributed by atoms with E-state index in [2.05, 4.69) is 12.1 Å². The highest BCUT2D eigenvalue weighted by atomic mass is 16.2. The van der Waals surface area contributed by atoms with E-state index in [9.17, 15) is 0 Å². The van der Waals surface area contributed by atoms with Crippen LogP contribution in [0, 0.1) is 0 Å². The smallest absolute Gasteiger partial charge is 0.0615 e. The summed E-state index contributed by atoms with van der Waals surface area (Å²) in [6.45, 7) is 0.809. The van der Waals surface area contributed by atoms with Crippen LogP contribution in [0.2, 0.25) is 0 Å². The second-order valence-corrected chi connectivity index (χ2v) is 3.18. The summed E-state index contributed by atoms with van der Waals surface area (Å²) in [4.78, 5) is 0. The fraction of sp³-hybridized carbons (Fsp3) is 0.333. The van der Waals surface area contributed by atoms with E-state index in [0.717, 1.165) is 19.4 Å². The van der Waals surface area contributed by atoms with Gasteiger partial charge in [0, 0.05) is 0 Å². The van der Waals surface area contributed by atoms with E-state index in [1.807, 2.05) is 18.2 Å². The standard InChI is InChI=1S/C12H17NO/c13-9-3-7-11-5-1-2-6-12(11)8-4-10-14/h1-2,4-6,8,14H,3,7,9-10,13H2/b8-4+. The fourth-order valence-electron chi connectivity index (χ4n) is 1.40. The molecular weight excluding hydrogens is 174 g/mol. The van der Waals surface area contributed by atoms with E-state index in [4.69, 9.17) is 10.8 Å². The molecule has 3 N–H and O–H groups in total. The lowest BCUT2D eigenvalue weighted by Gasteiger charge is -2.04. The second kappa shape index (κ2) is 6.35. The highest BCUT2D eigenvalue weighted by Crippen LogP contribution is 2.12. The van der Waals surface area contributed by atoms with Crippen molar-refractivity contribution in [2.75, 3.05) is 13.2 Å². The maximum Gasteiger partial charge on any atom is 0.0615 e.